The number of hydrogen-bond acceptors (Lipinski definition) is 2. The molecule has 2 aromatic carbocycles. The molecule has 0 aliphatic rings. The second-order valence-corrected chi connectivity index (χ2v) is 5.21. The van der Waals surface area contributed by atoms with Crippen molar-refractivity contribution in [2.45, 2.75) is 0 Å². The summed E-state index contributed by atoms with van der Waals surface area (Å²) in [5.41, 5.74) is 9.24. The molecule has 2 aromatic rings. The number of amides is 1. The minimum atomic E-state index is -0.474. The van der Waals surface area contributed by atoms with Crippen LogP contribution in [0.5, 0.6) is 0 Å². The van der Waals surface area contributed by atoms with Gasteiger partial charge in [-0.1, -0.05) is 39.9 Å². The molecule has 0 aliphatic carbocycles. The number of azide groups is 1. The normalized spacial score (nSPS) is 9.86. The van der Waals surface area contributed by atoms with Gasteiger partial charge in [0.05, 0.1) is 16.4 Å². The fraction of sp³-hybridized carbons (Fsp3) is 0. The van der Waals surface area contributed by atoms with Crippen LogP contribution in [0.4, 0.5) is 11.4 Å². The highest BCUT2D eigenvalue weighted by molar-refractivity contribution is 6.37. The molecule has 8 heteroatoms. The molecule has 21 heavy (non-hydrogen) atoms. The summed E-state index contributed by atoms with van der Waals surface area (Å²) in [4.78, 5) is 14.9. The number of benzene rings is 2. The Morgan fingerprint density at radius 1 is 1.10 bits per heavy atom. The van der Waals surface area contributed by atoms with E-state index in [0.29, 0.717) is 20.8 Å². The first-order valence-electron chi connectivity index (χ1n) is 5.62. The van der Waals surface area contributed by atoms with Gasteiger partial charge in [0, 0.05) is 20.5 Å². The summed E-state index contributed by atoms with van der Waals surface area (Å²) in [6.45, 7) is 0. The topological polar surface area (TPSA) is 77.9 Å². The molecule has 0 saturated heterocycles. The Bertz CT molecular complexity index is 757. The first kappa shape index (κ1) is 15.5. The molecule has 0 aromatic heterocycles. The van der Waals surface area contributed by atoms with Crippen LogP contribution in [-0.2, 0) is 0 Å². The fourth-order valence-corrected chi connectivity index (χ4v) is 2.23. The van der Waals surface area contributed by atoms with Crippen LogP contribution in [0.2, 0.25) is 15.1 Å². The van der Waals surface area contributed by atoms with Crippen LogP contribution in [0, 0.1) is 0 Å². The molecule has 0 spiro atoms. The average molecular weight is 342 g/mol. The molecule has 0 aliphatic heterocycles. The van der Waals surface area contributed by atoms with E-state index in [-0.39, 0.29) is 11.3 Å². The lowest BCUT2D eigenvalue weighted by molar-refractivity contribution is 0.102. The summed E-state index contributed by atoms with van der Waals surface area (Å²) in [6, 6.07) is 9.07. The van der Waals surface area contributed by atoms with Gasteiger partial charge in [-0.3, -0.25) is 4.79 Å². The number of nitrogens with one attached hydrogen (secondary N) is 1. The predicted molar refractivity (Wildman–Crippen MR) is 84.7 cm³/mol. The molecular formula is C13H7Cl3N4O. The zero-order chi connectivity index (χ0) is 15.4. The van der Waals surface area contributed by atoms with Crippen LogP contribution < -0.4 is 5.32 Å². The van der Waals surface area contributed by atoms with Crippen LogP contribution in [0.1, 0.15) is 10.4 Å². The van der Waals surface area contributed by atoms with Crippen molar-refractivity contribution in [3.05, 3.63) is 67.5 Å². The second kappa shape index (κ2) is 6.70. The van der Waals surface area contributed by atoms with Crippen LogP contribution >= 0.6 is 34.8 Å². The molecule has 0 bridgehead atoms. The number of hydrogen-bond donors (Lipinski definition) is 1. The second-order valence-electron chi connectivity index (χ2n) is 3.93. The van der Waals surface area contributed by atoms with Gasteiger partial charge in [-0.25, -0.2) is 0 Å². The van der Waals surface area contributed by atoms with E-state index in [1.165, 1.54) is 24.3 Å². The van der Waals surface area contributed by atoms with E-state index < -0.39 is 5.91 Å². The summed E-state index contributed by atoms with van der Waals surface area (Å²) in [7, 11) is 0. The van der Waals surface area contributed by atoms with Crippen LogP contribution in [0.25, 0.3) is 10.4 Å². The Balaban J connectivity index is 2.34. The van der Waals surface area contributed by atoms with Crippen LogP contribution in [0.3, 0.4) is 0 Å². The molecule has 0 atom stereocenters. The summed E-state index contributed by atoms with van der Waals surface area (Å²) < 4.78 is 0. The summed E-state index contributed by atoms with van der Waals surface area (Å²) in [5, 5.41) is 7.18. The zero-order valence-corrected chi connectivity index (χ0v) is 12.6. The molecular weight excluding hydrogens is 335 g/mol. The van der Waals surface area contributed by atoms with E-state index in [4.69, 9.17) is 40.3 Å². The van der Waals surface area contributed by atoms with E-state index in [2.05, 4.69) is 15.3 Å². The van der Waals surface area contributed by atoms with Gasteiger partial charge < -0.3 is 5.32 Å². The van der Waals surface area contributed by atoms with Gasteiger partial charge >= 0.3 is 0 Å². The smallest absolute Gasteiger partial charge is 0.256 e. The van der Waals surface area contributed by atoms with Gasteiger partial charge in [-0.2, -0.15) is 0 Å². The number of carbonyl (C=O) groups excluding carboxylic acids is 1. The van der Waals surface area contributed by atoms with Crippen molar-refractivity contribution in [2.24, 2.45) is 5.11 Å². The highest BCUT2D eigenvalue weighted by atomic mass is 35.5. The quantitative estimate of drug-likeness (QED) is 0.425. The number of nitrogens with zero attached hydrogens (tertiary/aromatic N) is 3. The number of carbonyl (C=O) groups is 1. The molecule has 1 N–H and O–H groups in total. The molecule has 0 unspecified atom stereocenters. The van der Waals surface area contributed by atoms with E-state index in [9.17, 15) is 4.79 Å². The lowest BCUT2D eigenvalue weighted by Gasteiger charge is -2.09. The van der Waals surface area contributed by atoms with Crippen molar-refractivity contribution in [1.82, 2.24) is 0 Å². The minimum Gasteiger partial charge on any atom is -0.321 e. The molecule has 0 heterocycles. The Morgan fingerprint density at radius 2 is 1.76 bits per heavy atom. The molecule has 0 fully saturated rings. The summed E-state index contributed by atoms with van der Waals surface area (Å²) in [5.74, 6) is -0.474. The van der Waals surface area contributed by atoms with Crippen molar-refractivity contribution in [3.8, 4) is 0 Å². The van der Waals surface area contributed by atoms with E-state index in [1.807, 2.05) is 0 Å². The van der Waals surface area contributed by atoms with Gasteiger partial charge in [0.2, 0.25) is 0 Å². The molecule has 5 nitrogen and oxygen atoms in total. The molecule has 1 amide bonds. The highest BCUT2D eigenvalue weighted by Gasteiger charge is 2.13. The van der Waals surface area contributed by atoms with Gasteiger partial charge in [0.25, 0.3) is 5.91 Å². The first-order chi connectivity index (χ1) is 10.0. The Kier molecular flexibility index (Phi) is 4.94. The van der Waals surface area contributed by atoms with Crippen LogP contribution in [-0.4, -0.2) is 5.91 Å². The number of halogens is 3. The van der Waals surface area contributed by atoms with Gasteiger partial charge in [0.1, 0.15) is 0 Å². The van der Waals surface area contributed by atoms with Crippen molar-refractivity contribution in [1.29, 1.82) is 0 Å². The third-order valence-corrected chi connectivity index (χ3v) is 3.32. The Morgan fingerprint density at radius 3 is 2.43 bits per heavy atom. The van der Waals surface area contributed by atoms with Crippen molar-refractivity contribution >= 4 is 52.1 Å². The molecule has 106 valence electrons. The third kappa shape index (κ3) is 3.80. The number of rotatable bonds is 3. The minimum absolute atomic E-state index is 0.132. The summed E-state index contributed by atoms with van der Waals surface area (Å²) in [6.07, 6.45) is 0. The molecule has 0 saturated carbocycles. The Hall–Kier alpha value is -1.91. The standard InChI is InChI=1S/C13H7Cl3N4O/c14-7-2-4-11(10(16)5-7)18-13(21)9-3-1-8(15)6-12(9)19-20-17/h1-6H,(H,18,21). The zero-order valence-electron chi connectivity index (χ0n) is 10.3. The van der Waals surface area contributed by atoms with Gasteiger partial charge in [0.15, 0.2) is 0 Å². The SMILES string of the molecule is [N-]=[N+]=Nc1cc(Cl)ccc1C(=O)Nc1ccc(Cl)cc1Cl. The van der Waals surface area contributed by atoms with Crippen molar-refractivity contribution < 1.29 is 4.79 Å². The van der Waals surface area contributed by atoms with Gasteiger partial charge in [-0.15, -0.1) is 0 Å². The van der Waals surface area contributed by atoms with Crippen molar-refractivity contribution in [3.63, 3.8) is 0 Å². The average Bonchev–Trinajstić information content (AvgIpc) is 2.42. The maximum atomic E-state index is 12.2. The Labute approximate surface area is 135 Å². The summed E-state index contributed by atoms with van der Waals surface area (Å²) >= 11 is 17.6. The maximum absolute atomic E-state index is 12.2. The lowest BCUT2D eigenvalue weighted by atomic mass is 10.1. The van der Waals surface area contributed by atoms with Gasteiger partial charge in [-0.05, 0) is 41.9 Å². The largest absolute Gasteiger partial charge is 0.321 e. The van der Waals surface area contributed by atoms with Crippen LogP contribution in [0.15, 0.2) is 41.5 Å². The predicted octanol–water partition coefficient (Wildman–Crippen LogP) is 5.84. The van der Waals surface area contributed by atoms with Crippen molar-refractivity contribution in [2.75, 3.05) is 5.32 Å². The van der Waals surface area contributed by atoms with E-state index >= 15 is 0 Å². The fourth-order valence-electron chi connectivity index (χ4n) is 1.61. The lowest BCUT2D eigenvalue weighted by Crippen LogP contribution is -2.12. The van der Waals surface area contributed by atoms with E-state index in [1.54, 1.807) is 12.1 Å². The monoisotopic (exact) mass is 340 g/mol. The highest BCUT2D eigenvalue weighted by Crippen LogP contribution is 2.28. The van der Waals surface area contributed by atoms with E-state index in [0.717, 1.165) is 0 Å². The molecule has 2 rings (SSSR count). The number of anilines is 1. The third-order valence-electron chi connectivity index (χ3n) is 2.54. The maximum Gasteiger partial charge on any atom is 0.256 e. The molecule has 0 radical (unpaired) electrons. The first-order valence-corrected chi connectivity index (χ1v) is 6.75.